The Morgan fingerprint density at radius 2 is 1.88 bits per heavy atom. The zero-order valence-electron chi connectivity index (χ0n) is 13.3. The second-order valence-corrected chi connectivity index (χ2v) is 5.84. The minimum Gasteiger partial charge on any atom is -0.334 e. The van der Waals surface area contributed by atoms with Crippen LogP contribution in [0.15, 0.2) is 48.5 Å². The highest BCUT2D eigenvalue weighted by molar-refractivity contribution is 5.96. The van der Waals surface area contributed by atoms with Crippen LogP contribution in [0.5, 0.6) is 0 Å². The molecule has 1 atom stereocenters. The number of nitrogens with zero attached hydrogens (tertiary/aromatic N) is 1. The molecule has 130 valence electrons. The molecule has 2 N–H and O–H groups in total. The lowest BCUT2D eigenvalue weighted by Gasteiger charge is -2.17. The van der Waals surface area contributed by atoms with Crippen LogP contribution in [0.1, 0.15) is 12.0 Å². The Morgan fingerprint density at radius 1 is 1.12 bits per heavy atom. The van der Waals surface area contributed by atoms with Gasteiger partial charge >= 0.3 is 6.03 Å². The maximum Gasteiger partial charge on any atom is 0.315 e. The molecule has 2 aromatic carbocycles. The summed E-state index contributed by atoms with van der Waals surface area (Å²) >= 11 is 0. The van der Waals surface area contributed by atoms with Gasteiger partial charge in [-0.1, -0.05) is 18.2 Å². The number of halogens is 2. The van der Waals surface area contributed by atoms with Gasteiger partial charge in [0.1, 0.15) is 11.6 Å². The van der Waals surface area contributed by atoms with E-state index in [9.17, 15) is 18.4 Å². The average Bonchev–Trinajstić information content (AvgIpc) is 2.94. The molecule has 25 heavy (non-hydrogen) atoms. The van der Waals surface area contributed by atoms with E-state index in [1.165, 1.54) is 35.2 Å². The number of carbonyl (C=O) groups is 2. The van der Waals surface area contributed by atoms with E-state index < -0.39 is 11.8 Å². The van der Waals surface area contributed by atoms with Crippen molar-refractivity contribution in [3.63, 3.8) is 0 Å². The Labute approximate surface area is 143 Å². The van der Waals surface area contributed by atoms with Gasteiger partial charge in [0.2, 0.25) is 5.91 Å². The summed E-state index contributed by atoms with van der Waals surface area (Å²) in [7, 11) is 0. The van der Waals surface area contributed by atoms with Gasteiger partial charge in [0, 0.05) is 25.2 Å². The summed E-state index contributed by atoms with van der Waals surface area (Å²) in [4.78, 5) is 25.5. The van der Waals surface area contributed by atoms with Crippen molar-refractivity contribution in [3.8, 4) is 0 Å². The van der Waals surface area contributed by atoms with Gasteiger partial charge in [0.05, 0.1) is 6.04 Å². The first-order valence-corrected chi connectivity index (χ1v) is 7.86. The van der Waals surface area contributed by atoms with Gasteiger partial charge in [-0.25, -0.2) is 13.6 Å². The number of anilines is 1. The molecule has 0 aliphatic carbocycles. The fraction of sp³-hybridized carbons (Fsp3) is 0.222. The van der Waals surface area contributed by atoms with Crippen LogP contribution >= 0.6 is 0 Å². The van der Waals surface area contributed by atoms with E-state index in [0.717, 1.165) is 5.56 Å². The van der Waals surface area contributed by atoms with Crippen molar-refractivity contribution < 1.29 is 18.4 Å². The van der Waals surface area contributed by atoms with Crippen LogP contribution < -0.4 is 15.5 Å². The second-order valence-electron chi connectivity index (χ2n) is 5.84. The molecule has 1 aliphatic rings. The summed E-state index contributed by atoms with van der Waals surface area (Å²) in [5, 5.41) is 5.39. The minimum absolute atomic E-state index is 0.153. The second kappa shape index (κ2) is 7.29. The van der Waals surface area contributed by atoms with E-state index in [1.807, 2.05) is 0 Å². The standard InChI is InChI=1S/C18H17F2N3O2/c19-13-6-4-12(5-7-13)10-21-18(25)22-15-9-17(24)23(11-15)16-3-1-2-14(20)8-16/h1-8,15H,9-11H2,(H2,21,22,25)/t15-/m0/s1. The van der Waals surface area contributed by atoms with E-state index in [-0.39, 0.29) is 37.3 Å². The molecule has 7 heteroatoms. The summed E-state index contributed by atoms with van der Waals surface area (Å²) < 4.78 is 26.1. The lowest BCUT2D eigenvalue weighted by Crippen LogP contribution is -2.43. The van der Waals surface area contributed by atoms with Crippen LogP contribution in [0, 0.1) is 11.6 Å². The van der Waals surface area contributed by atoms with Gasteiger partial charge in [-0.3, -0.25) is 4.79 Å². The molecule has 3 rings (SSSR count). The first-order valence-electron chi connectivity index (χ1n) is 7.86. The topological polar surface area (TPSA) is 61.4 Å². The Hall–Kier alpha value is -2.96. The molecular weight excluding hydrogens is 328 g/mol. The third-order valence-corrected chi connectivity index (χ3v) is 3.95. The smallest absolute Gasteiger partial charge is 0.315 e. The third-order valence-electron chi connectivity index (χ3n) is 3.95. The summed E-state index contributed by atoms with van der Waals surface area (Å²) in [5.41, 5.74) is 1.24. The van der Waals surface area contributed by atoms with E-state index in [1.54, 1.807) is 18.2 Å². The molecule has 0 spiro atoms. The Morgan fingerprint density at radius 3 is 2.60 bits per heavy atom. The normalized spacial score (nSPS) is 16.8. The van der Waals surface area contributed by atoms with Crippen molar-refractivity contribution in [1.82, 2.24) is 10.6 Å². The van der Waals surface area contributed by atoms with Gasteiger partial charge in [-0.05, 0) is 35.9 Å². The highest BCUT2D eigenvalue weighted by atomic mass is 19.1. The molecule has 1 saturated heterocycles. The van der Waals surface area contributed by atoms with E-state index >= 15 is 0 Å². The Kier molecular flexibility index (Phi) is 4.92. The number of hydrogen-bond acceptors (Lipinski definition) is 2. The molecule has 1 heterocycles. The summed E-state index contributed by atoms with van der Waals surface area (Å²) in [6.07, 6.45) is 0.153. The van der Waals surface area contributed by atoms with Crippen LogP contribution in [0.3, 0.4) is 0 Å². The van der Waals surface area contributed by atoms with Crippen molar-refractivity contribution in [2.24, 2.45) is 0 Å². The lowest BCUT2D eigenvalue weighted by molar-refractivity contribution is -0.117. The molecule has 0 bridgehead atoms. The van der Waals surface area contributed by atoms with Gasteiger partial charge in [-0.15, -0.1) is 0 Å². The highest BCUT2D eigenvalue weighted by Gasteiger charge is 2.31. The van der Waals surface area contributed by atoms with Gasteiger partial charge in [-0.2, -0.15) is 0 Å². The predicted molar refractivity (Wildman–Crippen MR) is 88.9 cm³/mol. The van der Waals surface area contributed by atoms with Crippen molar-refractivity contribution in [2.75, 3.05) is 11.4 Å². The quantitative estimate of drug-likeness (QED) is 0.895. The van der Waals surface area contributed by atoms with Crippen LogP contribution in [0.4, 0.5) is 19.3 Å². The number of rotatable bonds is 4. The molecule has 0 aromatic heterocycles. The highest BCUT2D eigenvalue weighted by Crippen LogP contribution is 2.22. The monoisotopic (exact) mass is 345 g/mol. The number of hydrogen-bond donors (Lipinski definition) is 2. The van der Waals surface area contributed by atoms with Crippen molar-refractivity contribution >= 4 is 17.6 Å². The van der Waals surface area contributed by atoms with Crippen LogP contribution in [-0.4, -0.2) is 24.5 Å². The maximum atomic E-state index is 13.3. The summed E-state index contributed by atoms with van der Waals surface area (Å²) in [6, 6.07) is 10.8. The molecule has 0 radical (unpaired) electrons. The Balaban J connectivity index is 1.52. The first kappa shape index (κ1) is 16.9. The molecule has 1 aliphatic heterocycles. The number of urea groups is 1. The van der Waals surface area contributed by atoms with Crippen LogP contribution in [-0.2, 0) is 11.3 Å². The third kappa shape index (κ3) is 4.32. The maximum absolute atomic E-state index is 13.3. The SMILES string of the molecule is O=C(NCc1ccc(F)cc1)N[C@H]1CC(=O)N(c2cccc(F)c2)C1. The number of benzene rings is 2. The summed E-state index contributed by atoms with van der Waals surface area (Å²) in [6.45, 7) is 0.534. The average molecular weight is 345 g/mol. The summed E-state index contributed by atoms with van der Waals surface area (Å²) in [5.74, 6) is -0.928. The first-order chi connectivity index (χ1) is 12.0. The number of carbonyl (C=O) groups excluding carboxylic acids is 2. The van der Waals surface area contributed by atoms with E-state index in [4.69, 9.17) is 0 Å². The Bertz CT molecular complexity index is 780. The van der Waals surface area contributed by atoms with Crippen LogP contribution in [0.2, 0.25) is 0 Å². The fourth-order valence-electron chi connectivity index (χ4n) is 2.72. The minimum atomic E-state index is -0.418. The molecular formula is C18H17F2N3O2. The molecule has 5 nitrogen and oxygen atoms in total. The van der Waals surface area contributed by atoms with E-state index in [2.05, 4.69) is 10.6 Å². The fourth-order valence-corrected chi connectivity index (χ4v) is 2.72. The van der Waals surface area contributed by atoms with Crippen molar-refractivity contribution in [2.45, 2.75) is 19.0 Å². The molecule has 3 amide bonds. The largest absolute Gasteiger partial charge is 0.334 e. The molecule has 1 fully saturated rings. The number of nitrogens with one attached hydrogen (secondary N) is 2. The lowest BCUT2D eigenvalue weighted by atomic mass is 10.2. The van der Waals surface area contributed by atoms with E-state index in [0.29, 0.717) is 5.69 Å². The van der Waals surface area contributed by atoms with Crippen molar-refractivity contribution in [1.29, 1.82) is 0 Å². The molecule has 2 aromatic rings. The van der Waals surface area contributed by atoms with Crippen LogP contribution in [0.25, 0.3) is 0 Å². The van der Waals surface area contributed by atoms with Gasteiger partial charge in [0.15, 0.2) is 0 Å². The zero-order chi connectivity index (χ0) is 17.8. The predicted octanol–water partition coefficient (Wildman–Crippen LogP) is 2.57. The van der Waals surface area contributed by atoms with Gasteiger partial charge < -0.3 is 15.5 Å². The molecule has 0 saturated carbocycles. The molecule has 0 unspecified atom stereocenters. The van der Waals surface area contributed by atoms with Crippen molar-refractivity contribution in [3.05, 3.63) is 65.7 Å². The zero-order valence-corrected chi connectivity index (χ0v) is 13.3. The number of amides is 3. The van der Waals surface area contributed by atoms with Gasteiger partial charge in [0.25, 0.3) is 0 Å².